The van der Waals surface area contributed by atoms with Crippen LogP contribution in [-0.4, -0.2) is 35.5 Å². The lowest BCUT2D eigenvalue weighted by atomic mass is 10.1. The molecule has 106 valence electrons. The van der Waals surface area contributed by atoms with Crippen LogP contribution in [0.4, 0.5) is 5.69 Å². The van der Waals surface area contributed by atoms with Crippen molar-refractivity contribution in [3.8, 4) is 0 Å². The number of benzene rings is 1. The van der Waals surface area contributed by atoms with E-state index in [-0.39, 0.29) is 6.54 Å². The van der Waals surface area contributed by atoms with Gasteiger partial charge in [-0.05, 0) is 12.0 Å². The van der Waals surface area contributed by atoms with E-state index in [2.05, 4.69) is 13.8 Å². The van der Waals surface area contributed by atoms with E-state index in [0.717, 1.165) is 0 Å². The third-order valence-electron chi connectivity index (χ3n) is 2.79. The van der Waals surface area contributed by atoms with Gasteiger partial charge in [0.15, 0.2) is 0 Å². The second-order valence-electron chi connectivity index (χ2n) is 5.20. The number of carbonyl (C=O) groups is 1. The summed E-state index contributed by atoms with van der Waals surface area (Å²) >= 11 is 0. The largest absolute Gasteiger partial charge is 0.398 e. The third kappa shape index (κ3) is 5.28. The molecular formula is C14H23N3O2. The Balaban J connectivity index is 2.72. The molecule has 0 aliphatic heterocycles. The van der Waals surface area contributed by atoms with Gasteiger partial charge in [0.05, 0.1) is 12.6 Å². The van der Waals surface area contributed by atoms with Gasteiger partial charge in [0.1, 0.15) is 0 Å². The zero-order chi connectivity index (χ0) is 14.4. The molecular weight excluding hydrogens is 242 g/mol. The fraction of sp³-hybridized carbons (Fsp3) is 0.500. The minimum Gasteiger partial charge on any atom is -0.398 e. The van der Waals surface area contributed by atoms with Crippen LogP contribution in [0.3, 0.4) is 0 Å². The summed E-state index contributed by atoms with van der Waals surface area (Å²) in [4.78, 5) is 12.9. The molecule has 5 N–H and O–H groups in total. The van der Waals surface area contributed by atoms with Crippen LogP contribution in [0.5, 0.6) is 0 Å². The third-order valence-corrected chi connectivity index (χ3v) is 2.79. The van der Waals surface area contributed by atoms with Gasteiger partial charge in [-0.1, -0.05) is 32.0 Å². The number of hydrogen-bond acceptors (Lipinski definition) is 4. The van der Waals surface area contributed by atoms with E-state index < -0.39 is 12.0 Å². The van der Waals surface area contributed by atoms with Crippen molar-refractivity contribution in [3.05, 3.63) is 29.8 Å². The van der Waals surface area contributed by atoms with Crippen LogP contribution in [-0.2, 0) is 4.79 Å². The monoisotopic (exact) mass is 265 g/mol. The molecule has 5 heteroatoms. The number of nitrogens with two attached hydrogens (primary N) is 2. The van der Waals surface area contributed by atoms with Gasteiger partial charge in [-0.15, -0.1) is 0 Å². The Morgan fingerprint density at radius 1 is 1.32 bits per heavy atom. The standard InChI is InChI=1S/C14H23N3O2/c1-10(2)7-17(9-14(16)19)8-13(18)11-5-3-4-6-12(11)15/h3-6,10,13,18H,7-9,15H2,1-2H3,(H2,16,19). The van der Waals surface area contributed by atoms with Gasteiger partial charge in [-0.25, -0.2) is 0 Å². The highest BCUT2D eigenvalue weighted by molar-refractivity contribution is 5.75. The summed E-state index contributed by atoms with van der Waals surface area (Å²) in [6.07, 6.45) is -0.723. The number of aliphatic hydroxyl groups excluding tert-OH is 1. The summed E-state index contributed by atoms with van der Waals surface area (Å²) in [5.41, 5.74) is 12.3. The molecule has 1 aromatic carbocycles. The summed E-state index contributed by atoms with van der Waals surface area (Å²) in [6.45, 7) is 5.29. The topological polar surface area (TPSA) is 92.6 Å². The number of amides is 1. The highest BCUT2D eigenvalue weighted by Gasteiger charge is 2.17. The number of anilines is 1. The van der Waals surface area contributed by atoms with E-state index in [9.17, 15) is 9.90 Å². The van der Waals surface area contributed by atoms with Gasteiger partial charge in [-0.3, -0.25) is 9.69 Å². The minimum atomic E-state index is -0.723. The van der Waals surface area contributed by atoms with Crippen molar-refractivity contribution < 1.29 is 9.90 Å². The Morgan fingerprint density at radius 2 is 1.95 bits per heavy atom. The van der Waals surface area contributed by atoms with E-state index in [1.54, 1.807) is 12.1 Å². The molecule has 0 saturated carbocycles. The number of para-hydroxylation sites is 1. The normalized spacial score (nSPS) is 12.9. The van der Waals surface area contributed by atoms with E-state index in [1.165, 1.54) is 0 Å². The molecule has 1 aromatic rings. The molecule has 1 amide bonds. The zero-order valence-corrected chi connectivity index (χ0v) is 11.5. The average molecular weight is 265 g/mol. The Morgan fingerprint density at radius 3 is 2.47 bits per heavy atom. The second-order valence-corrected chi connectivity index (χ2v) is 5.20. The summed E-state index contributed by atoms with van der Waals surface area (Å²) < 4.78 is 0. The maximum absolute atomic E-state index is 11.1. The van der Waals surface area contributed by atoms with E-state index in [4.69, 9.17) is 11.5 Å². The molecule has 0 aliphatic rings. The number of aliphatic hydroxyl groups is 1. The lowest BCUT2D eigenvalue weighted by molar-refractivity contribution is -0.119. The van der Waals surface area contributed by atoms with E-state index >= 15 is 0 Å². The number of carbonyl (C=O) groups excluding carboxylic acids is 1. The van der Waals surface area contributed by atoms with Gasteiger partial charge < -0.3 is 16.6 Å². The molecule has 5 nitrogen and oxygen atoms in total. The van der Waals surface area contributed by atoms with E-state index in [1.807, 2.05) is 17.0 Å². The van der Waals surface area contributed by atoms with Crippen molar-refractivity contribution in [1.29, 1.82) is 0 Å². The first-order valence-corrected chi connectivity index (χ1v) is 6.43. The SMILES string of the molecule is CC(C)CN(CC(N)=O)CC(O)c1ccccc1N. The molecule has 1 atom stereocenters. The molecule has 0 heterocycles. The average Bonchev–Trinajstić information content (AvgIpc) is 2.27. The van der Waals surface area contributed by atoms with E-state index in [0.29, 0.717) is 30.3 Å². The number of nitrogens with zero attached hydrogens (tertiary/aromatic N) is 1. The highest BCUT2D eigenvalue weighted by atomic mass is 16.3. The fourth-order valence-electron chi connectivity index (χ4n) is 2.10. The van der Waals surface area contributed by atoms with Crippen LogP contribution in [0.1, 0.15) is 25.5 Å². The predicted molar refractivity (Wildman–Crippen MR) is 76.3 cm³/mol. The number of primary amides is 1. The molecule has 0 bridgehead atoms. The van der Waals surface area contributed by atoms with Gasteiger partial charge in [0, 0.05) is 24.3 Å². The first-order valence-electron chi connectivity index (χ1n) is 6.43. The van der Waals surface area contributed by atoms with Gasteiger partial charge in [0.2, 0.25) is 5.91 Å². The smallest absolute Gasteiger partial charge is 0.231 e. The molecule has 0 spiro atoms. The number of hydrogen-bond donors (Lipinski definition) is 3. The summed E-state index contributed by atoms with van der Waals surface area (Å²) in [7, 11) is 0. The predicted octanol–water partition coefficient (Wildman–Crippen LogP) is 0.746. The molecule has 1 unspecified atom stereocenters. The lowest BCUT2D eigenvalue weighted by Crippen LogP contribution is -2.38. The maximum Gasteiger partial charge on any atom is 0.231 e. The Labute approximate surface area is 114 Å². The van der Waals surface area contributed by atoms with Crippen LogP contribution in [0.15, 0.2) is 24.3 Å². The van der Waals surface area contributed by atoms with Crippen molar-refractivity contribution >= 4 is 11.6 Å². The van der Waals surface area contributed by atoms with Crippen LogP contribution in [0, 0.1) is 5.92 Å². The van der Waals surface area contributed by atoms with Crippen LogP contribution in [0.25, 0.3) is 0 Å². The van der Waals surface area contributed by atoms with Crippen molar-refractivity contribution in [3.63, 3.8) is 0 Å². The maximum atomic E-state index is 11.1. The van der Waals surface area contributed by atoms with Crippen molar-refractivity contribution in [2.45, 2.75) is 20.0 Å². The van der Waals surface area contributed by atoms with Crippen molar-refractivity contribution in [1.82, 2.24) is 4.90 Å². The number of nitrogen functional groups attached to an aromatic ring is 1. The Kier molecular flexibility index (Phi) is 5.79. The molecule has 19 heavy (non-hydrogen) atoms. The second kappa shape index (κ2) is 7.11. The quantitative estimate of drug-likeness (QED) is 0.634. The molecule has 1 rings (SSSR count). The first kappa shape index (κ1) is 15.5. The minimum absolute atomic E-state index is 0.141. The van der Waals surface area contributed by atoms with Gasteiger partial charge in [-0.2, -0.15) is 0 Å². The summed E-state index contributed by atoms with van der Waals surface area (Å²) in [5.74, 6) is -0.00597. The lowest BCUT2D eigenvalue weighted by Gasteiger charge is -2.26. The van der Waals surface area contributed by atoms with Crippen LogP contribution in [0.2, 0.25) is 0 Å². The van der Waals surface area contributed by atoms with Gasteiger partial charge >= 0.3 is 0 Å². The molecule has 0 aliphatic carbocycles. The number of rotatable bonds is 7. The molecule has 0 radical (unpaired) electrons. The molecule has 0 aromatic heterocycles. The van der Waals surface area contributed by atoms with Crippen LogP contribution < -0.4 is 11.5 Å². The Hall–Kier alpha value is -1.59. The fourth-order valence-corrected chi connectivity index (χ4v) is 2.10. The van der Waals surface area contributed by atoms with Crippen LogP contribution >= 0.6 is 0 Å². The summed E-state index contributed by atoms with van der Waals surface area (Å²) in [6, 6.07) is 7.19. The van der Waals surface area contributed by atoms with Crippen molar-refractivity contribution in [2.24, 2.45) is 11.7 Å². The Bertz CT molecular complexity index is 421. The zero-order valence-electron chi connectivity index (χ0n) is 11.5. The molecule has 0 fully saturated rings. The summed E-state index contributed by atoms with van der Waals surface area (Å²) in [5, 5.41) is 10.2. The van der Waals surface area contributed by atoms with Crippen molar-refractivity contribution in [2.75, 3.05) is 25.4 Å². The molecule has 0 saturated heterocycles. The first-order chi connectivity index (χ1) is 8.90. The van der Waals surface area contributed by atoms with Gasteiger partial charge in [0.25, 0.3) is 0 Å². The highest BCUT2D eigenvalue weighted by Crippen LogP contribution is 2.21.